The van der Waals surface area contributed by atoms with E-state index < -0.39 is 0 Å². The number of benzene rings is 1. The van der Waals surface area contributed by atoms with Crippen LogP contribution in [-0.4, -0.2) is 9.97 Å². The average molecular weight is 316 g/mol. The van der Waals surface area contributed by atoms with E-state index >= 15 is 0 Å². The van der Waals surface area contributed by atoms with E-state index in [1.807, 2.05) is 24.3 Å². The molecular formula is C11H8BrClN2S. The first-order valence-corrected chi connectivity index (χ1v) is 6.75. The Morgan fingerprint density at radius 3 is 2.88 bits per heavy atom. The van der Waals surface area contributed by atoms with Gasteiger partial charge < -0.3 is 0 Å². The zero-order valence-corrected chi connectivity index (χ0v) is 11.4. The van der Waals surface area contributed by atoms with Crippen molar-refractivity contribution in [3.63, 3.8) is 0 Å². The van der Waals surface area contributed by atoms with E-state index in [1.165, 1.54) is 0 Å². The molecule has 0 fully saturated rings. The van der Waals surface area contributed by atoms with Crippen LogP contribution in [-0.2, 0) is 5.75 Å². The summed E-state index contributed by atoms with van der Waals surface area (Å²) in [6, 6.07) is 7.82. The lowest BCUT2D eigenvalue weighted by Gasteiger charge is -2.04. The molecule has 16 heavy (non-hydrogen) atoms. The molecule has 0 atom stereocenters. The van der Waals surface area contributed by atoms with Gasteiger partial charge in [0, 0.05) is 17.0 Å². The molecule has 0 radical (unpaired) electrons. The van der Waals surface area contributed by atoms with Gasteiger partial charge in [0.15, 0.2) is 0 Å². The molecule has 0 saturated heterocycles. The third kappa shape index (κ3) is 2.97. The molecule has 5 heteroatoms. The largest absolute Gasteiger partial charge is 0.244 e. The van der Waals surface area contributed by atoms with Crippen LogP contribution in [0.4, 0.5) is 0 Å². The van der Waals surface area contributed by atoms with Crippen LogP contribution in [0.15, 0.2) is 46.3 Å². The Bertz CT molecular complexity index is 447. The molecule has 82 valence electrons. The average Bonchev–Trinajstić information content (AvgIpc) is 2.30. The van der Waals surface area contributed by atoms with Crippen molar-refractivity contribution in [1.82, 2.24) is 9.97 Å². The second kappa shape index (κ2) is 5.66. The highest BCUT2D eigenvalue weighted by atomic mass is 79.9. The Morgan fingerprint density at radius 2 is 2.12 bits per heavy atom. The zero-order chi connectivity index (χ0) is 11.4. The standard InChI is InChI=1S/C11H8BrClN2S/c12-9-5-14-7-15-11(9)16-6-8-3-1-2-4-10(8)13/h1-5,7H,6H2. The summed E-state index contributed by atoms with van der Waals surface area (Å²) in [6.07, 6.45) is 3.28. The fraction of sp³-hybridized carbons (Fsp3) is 0.0909. The third-order valence-electron chi connectivity index (χ3n) is 1.96. The van der Waals surface area contributed by atoms with Crippen molar-refractivity contribution in [2.24, 2.45) is 0 Å². The van der Waals surface area contributed by atoms with Gasteiger partial charge in [0.2, 0.25) is 0 Å². The molecule has 0 aliphatic heterocycles. The summed E-state index contributed by atoms with van der Waals surface area (Å²) in [4.78, 5) is 8.10. The van der Waals surface area contributed by atoms with Gasteiger partial charge in [-0.15, -0.1) is 11.8 Å². The van der Waals surface area contributed by atoms with Crippen LogP contribution in [0.1, 0.15) is 5.56 Å². The van der Waals surface area contributed by atoms with Crippen molar-refractivity contribution >= 4 is 39.3 Å². The van der Waals surface area contributed by atoms with Crippen LogP contribution >= 0.6 is 39.3 Å². The van der Waals surface area contributed by atoms with Crippen molar-refractivity contribution in [2.45, 2.75) is 10.8 Å². The lowest BCUT2D eigenvalue weighted by Crippen LogP contribution is -1.86. The normalized spacial score (nSPS) is 10.4. The fourth-order valence-electron chi connectivity index (χ4n) is 1.17. The molecule has 0 spiro atoms. The topological polar surface area (TPSA) is 25.8 Å². The summed E-state index contributed by atoms with van der Waals surface area (Å²) in [5.41, 5.74) is 1.11. The highest BCUT2D eigenvalue weighted by Crippen LogP contribution is 2.29. The second-order valence-corrected chi connectivity index (χ2v) is 5.28. The maximum atomic E-state index is 6.07. The summed E-state index contributed by atoms with van der Waals surface area (Å²) in [6.45, 7) is 0. The lowest BCUT2D eigenvalue weighted by atomic mass is 10.2. The van der Waals surface area contributed by atoms with E-state index in [9.17, 15) is 0 Å². The smallest absolute Gasteiger partial charge is 0.116 e. The Hall–Kier alpha value is -0.580. The zero-order valence-electron chi connectivity index (χ0n) is 8.23. The van der Waals surface area contributed by atoms with Crippen LogP contribution in [0.2, 0.25) is 5.02 Å². The van der Waals surface area contributed by atoms with Gasteiger partial charge in [0.1, 0.15) is 11.4 Å². The summed E-state index contributed by atoms with van der Waals surface area (Å²) in [7, 11) is 0. The number of hydrogen-bond donors (Lipinski definition) is 0. The molecule has 1 aromatic heterocycles. The molecule has 0 aliphatic carbocycles. The number of aromatic nitrogens is 2. The first-order valence-electron chi connectivity index (χ1n) is 4.59. The van der Waals surface area contributed by atoms with Crippen molar-refractivity contribution in [2.75, 3.05) is 0 Å². The van der Waals surface area contributed by atoms with Crippen LogP contribution in [0.5, 0.6) is 0 Å². The van der Waals surface area contributed by atoms with E-state index in [-0.39, 0.29) is 0 Å². The summed E-state index contributed by atoms with van der Waals surface area (Å²) in [5.74, 6) is 0.801. The SMILES string of the molecule is Clc1ccccc1CSc1ncncc1Br. The molecule has 0 aliphatic rings. The molecule has 0 unspecified atom stereocenters. The van der Waals surface area contributed by atoms with Crippen molar-refractivity contribution in [3.05, 3.63) is 51.8 Å². The second-order valence-electron chi connectivity index (χ2n) is 3.06. The number of hydrogen-bond acceptors (Lipinski definition) is 3. The Morgan fingerprint density at radius 1 is 1.31 bits per heavy atom. The van der Waals surface area contributed by atoms with Gasteiger partial charge in [-0.2, -0.15) is 0 Å². The van der Waals surface area contributed by atoms with Gasteiger partial charge in [-0.1, -0.05) is 29.8 Å². The fourth-order valence-corrected chi connectivity index (χ4v) is 2.87. The third-order valence-corrected chi connectivity index (χ3v) is 4.22. The molecule has 2 nitrogen and oxygen atoms in total. The number of nitrogens with zero attached hydrogens (tertiary/aromatic N) is 2. The van der Waals surface area contributed by atoms with Gasteiger partial charge in [-0.05, 0) is 27.6 Å². The molecule has 0 saturated carbocycles. The predicted molar refractivity (Wildman–Crippen MR) is 70.7 cm³/mol. The van der Waals surface area contributed by atoms with E-state index in [1.54, 1.807) is 24.3 Å². The van der Waals surface area contributed by atoms with Gasteiger partial charge in [0.05, 0.1) is 4.47 Å². The lowest BCUT2D eigenvalue weighted by molar-refractivity contribution is 1.02. The summed E-state index contributed by atoms with van der Waals surface area (Å²) in [5, 5.41) is 1.72. The van der Waals surface area contributed by atoms with Crippen molar-refractivity contribution in [3.8, 4) is 0 Å². The molecular weight excluding hydrogens is 308 g/mol. The Balaban J connectivity index is 2.09. The number of halogens is 2. The highest BCUT2D eigenvalue weighted by molar-refractivity contribution is 9.10. The van der Waals surface area contributed by atoms with E-state index in [0.29, 0.717) is 0 Å². The molecule has 1 heterocycles. The molecule has 0 N–H and O–H groups in total. The van der Waals surface area contributed by atoms with Crippen LogP contribution in [0.25, 0.3) is 0 Å². The quantitative estimate of drug-likeness (QED) is 0.627. The van der Waals surface area contributed by atoms with Gasteiger partial charge in [0.25, 0.3) is 0 Å². The van der Waals surface area contributed by atoms with Crippen molar-refractivity contribution < 1.29 is 0 Å². The molecule has 0 amide bonds. The maximum absolute atomic E-state index is 6.07. The van der Waals surface area contributed by atoms with Gasteiger partial charge in [-0.3, -0.25) is 0 Å². The Labute approximate surface area is 112 Å². The molecule has 2 aromatic rings. The van der Waals surface area contributed by atoms with Gasteiger partial charge >= 0.3 is 0 Å². The summed E-state index contributed by atoms with van der Waals surface area (Å²) < 4.78 is 0.909. The first-order chi connectivity index (χ1) is 7.77. The van der Waals surface area contributed by atoms with Gasteiger partial charge in [-0.25, -0.2) is 9.97 Å². The molecule has 2 rings (SSSR count). The van der Waals surface area contributed by atoms with E-state index in [0.717, 1.165) is 25.8 Å². The minimum absolute atomic E-state index is 0.792. The minimum atomic E-state index is 0.792. The van der Waals surface area contributed by atoms with E-state index in [4.69, 9.17) is 11.6 Å². The van der Waals surface area contributed by atoms with E-state index in [2.05, 4.69) is 25.9 Å². The maximum Gasteiger partial charge on any atom is 0.116 e. The monoisotopic (exact) mass is 314 g/mol. The molecule has 0 bridgehead atoms. The highest BCUT2D eigenvalue weighted by Gasteiger charge is 2.04. The van der Waals surface area contributed by atoms with Crippen LogP contribution < -0.4 is 0 Å². The predicted octanol–water partition coefficient (Wildman–Crippen LogP) is 4.18. The number of rotatable bonds is 3. The Kier molecular flexibility index (Phi) is 4.21. The van der Waals surface area contributed by atoms with Crippen LogP contribution in [0.3, 0.4) is 0 Å². The van der Waals surface area contributed by atoms with Crippen molar-refractivity contribution in [1.29, 1.82) is 0 Å². The first kappa shape index (κ1) is 11.9. The minimum Gasteiger partial charge on any atom is -0.244 e. The molecule has 1 aromatic carbocycles. The van der Waals surface area contributed by atoms with Crippen LogP contribution in [0, 0.1) is 0 Å². The summed E-state index contributed by atoms with van der Waals surface area (Å²) >= 11 is 11.1. The number of thioether (sulfide) groups is 1.